The van der Waals surface area contributed by atoms with Crippen LogP contribution in [0.25, 0.3) is 0 Å². The standard InChI is InChI=1S/C19H19FO3/c20-17-10-16(19(14-21)6-8-22-9-7-19)11-18(12-17)23-13-15-4-2-1-3-5-15/h1-5,10-12,14H,6-9,13H2. The zero-order valence-electron chi connectivity index (χ0n) is 12.8. The lowest BCUT2D eigenvalue weighted by Gasteiger charge is -2.32. The van der Waals surface area contributed by atoms with Crippen LogP contribution in [0.5, 0.6) is 5.75 Å². The van der Waals surface area contributed by atoms with Gasteiger partial charge in [-0.25, -0.2) is 4.39 Å². The number of benzene rings is 2. The van der Waals surface area contributed by atoms with Crippen molar-refractivity contribution < 1.29 is 18.7 Å². The number of ether oxygens (including phenoxy) is 2. The van der Waals surface area contributed by atoms with Crippen molar-refractivity contribution in [1.82, 2.24) is 0 Å². The Morgan fingerprint density at radius 3 is 2.57 bits per heavy atom. The summed E-state index contributed by atoms with van der Waals surface area (Å²) < 4.78 is 25.0. The van der Waals surface area contributed by atoms with Crippen LogP contribution in [-0.4, -0.2) is 19.5 Å². The molecular formula is C19H19FO3. The van der Waals surface area contributed by atoms with Crippen molar-refractivity contribution >= 4 is 6.29 Å². The normalized spacial score (nSPS) is 16.7. The van der Waals surface area contributed by atoms with Gasteiger partial charge in [0.25, 0.3) is 0 Å². The minimum absolute atomic E-state index is 0.362. The minimum atomic E-state index is -0.675. The van der Waals surface area contributed by atoms with Gasteiger partial charge in [-0.2, -0.15) is 0 Å². The van der Waals surface area contributed by atoms with Crippen molar-refractivity contribution in [2.75, 3.05) is 13.2 Å². The Hall–Kier alpha value is -2.20. The summed E-state index contributed by atoms with van der Waals surface area (Å²) in [7, 11) is 0. The SMILES string of the molecule is O=CC1(c2cc(F)cc(OCc3ccccc3)c2)CCOCC1. The maximum atomic E-state index is 14.0. The van der Waals surface area contributed by atoms with Gasteiger partial charge in [-0.3, -0.25) is 0 Å². The zero-order chi connectivity index (χ0) is 16.1. The fourth-order valence-electron chi connectivity index (χ4n) is 2.88. The summed E-state index contributed by atoms with van der Waals surface area (Å²) in [6, 6.07) is 14.2. The highest BCUT2D eigenvalue weighted by Gasteiger charge is 2.35. The smallest absolute Gasteiger partial charge is 0.130 e. The van der Waals surface area contributed by atoms with Gasteiger partial charge in [0.15, 0.2) is 0 Å². The molecule has 1 saturated heterocycles. The molecule has 1 aliphatic rings. The van der Waals surface area contributed by atoms with E-state index in [2.05, 4.69) is 0 Å². The highest BCUT2D eigenvalue weighted by atomic mass is 19.1. The average Bonchev–Trinajstić information content (AvgIpc) is 2.61. The van der Waals surface area contributed by atoms with E-state index in [-0.39, 0.29) is 0 Å². The monoisotopic (exact) mass is 314 g/mol. The first-order valence-electron chi connectivity index (χ1n) is 7.74. The van der Waals surface area contributed by atoms with Crippen molar-refractivity contribution in [2.24, 2.45) is 0 Å². The highest BCUT2D eigenvalue weighted by molar-refractivity contribution is 5.69. The summed E-state index contributed by atoms with van der Waals surface area (Å²) in [6.07, 6.45) is 2.06. The van der Waals surface area contributed by atoms with Gasteiger partial charge in [-0.1, -0.05) is 30.3 Å². The Morgan fingerprint density at radius 1 is 1.13 bits per heavy atom. The summed E-state index contributed by atoms with van der Waals surface area (Å²) >= 11 is 0. The van der Waals surface area contributed by atoms with Crippen LogP contribution in [0, 0.1) is 5.82 Å². The Bertz CT molecular complexity index is 664. The molecule has 2 aromatic carbocycles. The van der Waals surface area contributed by atoms with E-state index in [1.165, 1.54) is 12.1 Å². The van der Waals surface area contributed by atoms with Crippen LogP contribution >= 0.6 is 0 Å². The van der Waals surface area contributed by atoms with E-state index in [4.69, 9.17) is 9.47 Å². The van der Waals surface area contributed by atoms with Crippen molar-refractivity contribution in [2.45, 2.75) is 24.9 Å². The van der Waals surface area contributed by atoms with E-state index < -0.39 is 11.2 Å². The van der Waals surface area contributed by atoms with E-state index in [0.29, 0.717) is 44.0 Å². The molecule has 0 aromatic heterocycles. The molecule has 4 heteroatoms. The Labute approximate surface area is 135 Å². The second kappa shape index (κ2) is 6.92. The summed E-state index contributed by atoms with van der Waals surface area (Å²) in [5.41, 5.74) is 0.999. The molecule has 3 rings (SSSR count). The van der Waals surface area contributed by atoms with Crippen LogP contribution in [0.3, 0.4) is 0 Å². The van der Waals surface area contributed by atoms with Gasteiger partial charge in [-0.15, -0.1) is 0 Å². The zero-order valence-corrected chi connectivity index (χ0v) is 12.8. The van der Waals surface area contributed by atoms with Crippen LogP contribution in [-0.2, 0) is 21.6 Å². The molecule has 0 amide bonds. The van der Waals surface area contributed by atoms with Gasteiger partial charge >= 0.3 is 0 Å². The number of hydrogen-bond donors (Lipinski definition) is 0. The van der Waals surface area contributed by atoms with Gasteiger partial charge < -0.3 is 14.3 Å². The van der Waals surface area contributed by atoms with Crippen molar-refractivity contribution in [3.05, 3.63) is 65.5 Å². The molecule has 3 nitrogen and oxygen atoms in total. The van der Waals surface area contributed by atoms with Crippen LogP contribution < -0.4 is 4.74 Å². The highest BCUT2D eigenvalue weighted by Crippen LogP contribution is 2.35. The first kappa shape index (κ1) is 15.7. The van der Waals surface area contributed by atoms with Crippen LogP contribution in [0.1, 0.15) is 24.0 Å². The topological polar surface area (TPSA) is 35.5 Å². The molecule has 120 valence electrons. The van der Waals surface area contributed by atoms with E-state index in [9.17, 15) is 9.18 Å². The van der Waals surface area contributed by atoms with E-state index in [0.717, 1.165) is 11.8 Å². The lowest BCUT2D eigenvalue weighted by atomic mass is 9.75. The molecule has 0 unspecified atom stereocenters. The molecule has 0 aliphatic carbocycles. The molecule has 0 atom stereocenters. The van der Waals surface area contributed by atoms with Crippen LogP contribution in [0.2, 0.25) is 0 Å². The third-order valence-corrected chi connectivity index (χ3v) is 4.31. The van der Waals surface area contributed by atoms with E-state index in [1.807, 2.05) is 30.3 Å². The molecule has 0 saturated carbocycles. The number of hydrogen-bond acceptors (Lipinski definition) is 3. The largest absolute Gasteiger partial charge is 0.489 e. The number of aldehydes is 1. The van der Waals surface area contributed by atoms with Gasteiger partial charge in [0.1, 0.15) is 24.5 Å². The van der Waals surface area contributed by atoms with Gasteiger partial charge in [0.05, 0.1) is 5.41 Å². The number of carbonyl (C=O) groups excluding carboxylic acids is 1. The molecule has 0 N–H and O–H groups in total. The second-order valence-corrected chi connectivity index (χ2v) is 5.84. The average molecular weight is 314 g/mol. The fourth-order valence-corrected chi connectivity index (χ4v) is 2.88. The number of halogens is 1. The third kappa shape index (κ3) is 3.59. The molecule has 0 bridgehead atoms. The third-order valence-electron chi connectivity index (χ3n) is 4.31. The Morgan fingerprint density at radius 2 is 1.87 bits per heavy atom. The molecule has 1 heterocycles. The first-order valence-corrected chi connectivity index (χ1v) is 7.74. The molecule has 0 radical (unpaired) electrons. The predicted molar refractivity (Wildman–Crippen MR) is 85.0 cm³/mol. The van der Waals surface area contributed by atoms with Crippen LogP contribution in [0.15, 0.2) is 48.5 Å². The summed E-state index contributed by atoms with van der Waals surface area (Å²) in [4.78, 5) is 11.7. The van der Waals surface area contributed by atoms with Crippen LogP contribution in [0.4, 0.5) is 4.39 Å². The molecule has 2 aromatic rings. The van der Waals surface area contributed by atoms with E-state index in [1.54, 1.807) is 6.07 Å². The van der Waals surface area contributed by atoms with Gasteiger partial charge in [-0.05, 0) is 36.1 Å². The second-order valence-electron chi connectivity index (χ2n) is 5.84. The number of carbonyl (C=O) groups is 1. The maximum Gasteiger partial charge on any atom is 0.130 e. The Kier molecular flexibility index (Phi) is 4.72. The molecule has 23 heavy (non-hydrogen) atoms. The van der Waals surface area contributed by atoms with Crippen molar-refractivity contribution in [1.29, 1.82) is 0 Å². The predicted octanol–water partition coefficient (Wildman–Crippen LogP) is 3.65. The maximum absolute atomic E-state index is 14.0. The fraction of sp³-hybridized carbons (Fsp3) is 0.316. The Balaban J connectivity index is 1.82. The summed E-state index contributed by atoms with van der Waals surface area (Å²) in [5.74, 6) is 0.0508. The number of rotatable bonds is 5. The molecule has 0 spiro atoms. The molecular weight excluding hydrogens is 295 g/mol. The van der Waals surface area contributed by atoms with E-state index >= 15 is 0 Å². The summed E-state index contributed by atoms with van der Waals surface area (Å²) in [5, 5.41) is 0. The minimum Gasteiger partial charge on any atom is -0.489 e. The molecule has 1 fully saturated rings. The van der Waals surface area contributed by atoms with Gasteiger partial charge in [0.2, 0.25) is 0 Å². The lowest BCUT2D eigenvalue weighted by molar-refractivity contribution is -0.115. The lowest BCUT2D eigenvalue weighted by Crippen LogP contribution is -2.35. The molecule has 1 aliphatic heterocycles. The van der Waals surface area contributed by atoms with Crippen molar-refractivity contribution in [3.63, 3.8) is 0 Å². The quantitative estimate of drug-likeness (QED) is 0.790. The van der Waals surface area contributed by atoms with Crippen molar-refractivity contribution in [3.8, 4) is 5.75 Å². The van der Waals surface area contributed by atoms with Gasteiger partial charge in [0, 0.05) is 19.3 Å². The summed E-state index contributed by atoms with van der Waals surface area (Å²) in [6.45, 7) is 1.38. The first-order chi connectivity index (χ1) is 11.2.